The van der Waals surface area contributed by atoms with Crippen molar-refractivity contribution in [3.8, 4) is 5.75 Å². The van der Waals surface area contributed by atoms with E-state index in [1.54, 1.807) is 58.2 Å². The topological polar surface area (TPSA) is 478 Å². The van der Waals surface area contributed by atoms with E-state index in [0.717, 1.165) is 0 Å². The maximum atomic E-state index is 14.8. The van der Waals surface area contributed by atoms with Crippen molar-refractivity contribution in [3.05, 3.63) is 84.1 Å². The molecule has 31 nitrogen and oxygen atoms in total. The zero-order chi connectivity index (χ0) is 71.0. The summed E-state index contributed by atoms with van der Waals surface area (Å²) in [7, 11) is 0. The fraction of sp³-hybridized carbons (Fsp3) is 0.532. The number of carbonyl (C=O) groups is 11. The number of carboxylic acid groups (broad SMARTS) is 1. The number of carbonyl (C=O) groups excluding carboxylic acids is 10. The summed E-state index contributed by atoms with van der Waals surface area (Å²) in [5, 5.41) is 52.9. The number of likely N-dealkylation sites (tertiary alicyclic amines) is 1. The van der Waals surface area contributed by atoms with Crippen molar-refractivity contribution >= 4 is 81.9 Å². The van der Waals surface area contributed by atoms with E-state index in [1.165, 1.54) is 41.7 Å². The summed E-state index contributed by atoms with van der Waals surface area (Å²) in [5.41, 5.74) is 12.4. The van der Waals surface area contributed by atoms with E-state index in [4.69, 9.17) is 26.1 Å². The summed E-state index contributed by atoms with van der Waals surface area (Å²) in [4.78, 5) is 165. The molecule has 0 saturated carbocycles. The number of fused-ring (bicyclic) bond motifs is 1. The Morgan fingerprint density at radius 3 is 1.90 bits per heavy atom. The van der Waals surface area contributed by atoms with E-state index < -0.39 is 133 Å². The lowest BCUT2D eigenvalue weighted by Crippen LogP contribution is -2.62. The number of H-pyrrole nitrogens is 2. The van der Waals surface area contributed by atoms with E-state index in [-0.39, 0.29) is 93.9 Å². The van der Waals surface area contributed by atoms with Crippen LogP contribution in [0.1, 0.15) is 103 Å². The molecule has 9 atom stereocenters. The Morgan fingerprint density at radius 1 is 0.750 bits per heavy atom. The Balaban J connectivity index is 0.00000225. The van der Waals surface area contributed by atoms with E-state index in [0.29, 0.717) is 47.1 Å². The molecule has 4 heterocycles. The molecular formula is C62H87F3N16O15. The van der Waals surface area contributed by atoms with Crippen LogP contribution in [-0.4, -0.2) is 205 Å². The molecule has 2 aliphatic rings. The number of aromatic hydroxyl groups is 1. The fourth-order valence-electron chi connectivity index (χ4n) is 10.3. The van der Waals surface area contributed by atoms with Crippen LogP contribution >= 0.6 is 0 Å². The second-order valence-electron chi connectivity index (χ2n) is 24.4. The molecule has 96 heavy (non-hydrogen) atoms. The maximum absolute atomic E-state index is 14.8. The lowest BCUT2D eigenvalue weighted by Gasteiger charge is -2.31. The van der Waals surface area contributed by atoms with Crippen molar-refractivity contribution in [1.82, 2.24) is 67.7 Å². The number of nitrogens with one attached hydrogen (secondary N) is 11. The first-order valence-corrected chi connectivity index (χ1v) is 31.2. The first-order valence-electron chi connectivity index (χ1n) is 31.2. The number of phenolic OH excluding ortho intramolecular Hbond substituents is 1. The molecule has 2 aromatic carbocycles. The number of nitrogens with zero attached hydrogens (tertiary/aromatic N) is 3. The molecule has 0 bridgehead atoms. The number of aliphatic imine (C=N–C) groups is 1. The SMILES string of the molecule is CCNC(=O)[C@@H]1CCCN1C(=O)[C@H](CCCN=C(N)N)NC(=O)[C@H](CC(C)C)NC(=O)[C@@H](COC(C)(C)C)NC(=O)[C@H](Cc1ccc(O)cc1)NC(=O)[C@H](CO)NC(=O)[C@H](Cc1c[nH]c2ccccc12)NC(=O)[C@@H](Cc1cnc[nH]1)NC(=O)[C@@H]1CCC(=O)N1.O=C(O)C(F)(F)F. The highest BCUT2D eigenvalue weighted by atomic mass is 19.4. The number of ether oxygens (including phenoxy) is 1. The van der Waals surface area contributed by atoms with Crippen molar-refractivity contribution in [2.75, 3.05) is 32.8 Å². The predicted octanol–water partition coefficient (Wildman–Crippen LogP) is -1.04. The number of phenols is 1. The summed E-state index contributed by atoms with van der Waals surface area (Å²) < 4.78 is 37.8. The number of nitrogens with two attached hydrogens (primary N) is 2. The fourth-order valence-corrected chi connectivity index (χ4v) is 10.3. The zero-order valence-corrected chi connectivity index (χ0v) is 54.1. The van der Waals surface area contributed by atoms with Crippen LogP contribution in [0.5, 0.6) is 5.75 Å². The number of imidazole rings is 1. The van der Waals surface area contributed by atoms with Gasteiger partial charge in [0.25, 0.3) is 0 Å². The molecule has 526 valence electrons. The smallest absolute Gasteiger partial charge is 0.490 e. The number of rotatable bonds is 32. The first kappa shape index (κ1) is 76.8. The quantitative estimate of drug-likeness (QED) is 0.0158. The van der Waals surface area contributed by atoms with Crippen LogP contribution < -0.4 is 59.3 Å². The van der Waals surface area contributed by atoms with Gasteiger partial charge in [-0.1, -0.05) is 44.2 Å². The largest absolute Gasteiger partial charge is 0.508 e. The Morgan fingerprint density at radius 2 is 1.32 bits per heavy atom. The molecule has 2 aliphatic heterocycles. The standard InChI is InChI=1S/C60H86N16O13.C2HF3O2/c1-7-64-57(87)48-15-11-23-76(48)58(88)41(14-10-22-65-59(61)62)69-51(81)42(24-33(2)3)70-56(86)47(31-89-60(4,5)6)75-52(82)43(25-34-16-18-37(78)19-17-34)71-55(85)46(30-77)74-53(83)44(26-35-28-66-39-13-9-8-12-38(35)39)72-54(84)45(27-36-29-63-32-67-36)73-50(80)40-20-21-49(79)68-40;3-2(4,5)1(6)7/h8-9,12-13,16-19,28-29,32-33,40-48,66,77-78H,7,10-11,14-15,20-27,30-31H2,1-6H3,(H,63,67)(H,64,87)(H,68,79)(H,69,81)(H,70,86)(H,71,85)(H,72,84)(H,73,80)(H,74,83)(H,75,82)(H4,61,62,65);(H,6,7)/t40-,41-,42-,43-,44-,45+,46-,47+,48-;/m0./s1. The highest BCUT2D eigenvalue weighted by molar-refractivity contribution is 5.99. The Hall–Kier alpha value is -9.86. The maximum Gasteiger partial charge on any atom is 0.490 e. The van der Waals surface area contributed by atoms with Gasteiger partial charge in [-0.05, 0) is 101 Å². The minimum atomic E-state index is -5.08. The average Bonchev–Trinajstić information content (AvgIpc) is 1.61. The molecule has 2 fully saturated rings. The van der Waals surface area contributed by atoms with Gasteiger partial charge in [-0.15, -0.1) is 0 Å². The number of aliphatic hydroxyl groups excluding tert-OH is 1. The summed E-state index contributed by atoms with van der Waals surface area (Å²) in [6, 6.07) is 1.02. The highest BCUT2D eigenvalue weighted by Crippen LogP contribution is 2.23. The summed E-state index contributed by atoms with van der Waals surface area (Å²) in [5.74, 6) is -10.5. The number of halogens is 3. The van der Waals surface area contributed by atoms with Gasteiger partial charge in [-0.2, -0.15) is 13.2 Å². The number of benzene rings is 2. The first-order chi connectivity index (χ1) is 45.3. The molecule has 2 aromatic heterocycles. The molecule has 0 unspecified atom stereocenters. The van der Waals surface area contributed by atoms with Gasteiger partial charge in [-0.3, -0.25) is 52.9 Å². The number of hydrogen-bond acceptors (Lipinski definition) is 16. The van der Waals surface area contributed by atoms with Crippen LogP contribution in [-0.2, 0) is 76.7 Å². The van der Waals surface area contributed by atoms with Gasteiger partial charge in [0.1, 0.15) is 60.1 Å². The molecule has 10 amide bonds. The third-order valence-electron chi connectivity index (χ3n) is 15.1. The number of hydrogen-bond donors (Lipinski definition) is 16. The summed E-state index contributed by atoms with van der Waals surface area (Å²) in [6.45, 7) is 9.78. The summed E-state index contributed by atoms with van der Waals surface area (Å²) in [6.07, 6.45) is 0.480. The number of aromatic amines is 2. The van der Waals surface area contributed by atoms with Gasteiger partial charge in [0.2, 0.25) is 59.1 Å². The van der Waals surface area contributed by atoms with Crippen molar-refractivity contribution in [3.63, 3.8) is 0 Å². The third kappa shape index (κ3) is 24.5. The number of carboxylic acids is 1. The highest BCUT2D eigenvalue weighted by Gasteiger charge is 2.41. The normalized spacial score (nSPS) is 16.7. The average molecular weight is 1350 g/mol. The van der Waals surface area contributed by atoms with E-state index in [2.05, 4.69) is 67.8 Å². The number of alkyl halides is 3. The Kier molecular flexibility index (Phi) is 28.9. The van der Waals surface area contributed by atoms with Crippen molar-refractivity contribution in [1.29, 1.82) is 0 Å². The van der Waals surface area contributed by atoms with Crippen molar-refractivity contribution in [2.24, 2.45) is 22.4 Å². The van der Waals surface area contributed by atoms with E-state index in [9.17, 15) is 71.3 Å². The molecular weight excluding hydrogens is 1270 g/mol. The number of amides is 10. The van der Waals surface area contributed by atoms with E-state index in [1.807, 2.05) is 13.8 Å². The Bertz CT molecular complexity index is 3360. The molecule has 0 aliphatic carbocycles. The lowest BCUT2D eigenvalue weighted by atomic mass is 10.0. The monoisotopic (exact) mass is 1350 g/mol. The van der Waals surface area contributed by atoms with Gasteiger partial charge in [0.05, 0.1) is 25.1 Å². The van der Waals surface area contributed by atoms with Crippen molar-refractivity contribution < 1.29 is 86.0 Å². The molecule has 0 radical (unpaired) electrons. The minimum Gasteiger partial charge on any atom is -0.508 e. The molecule has 2 saturated heterocycles. The third-order valence-corrected chi connectivity index (χ3v) is 15.1. The van der Waals surface area contributed by atoms with E-state index >= 15 is 0 Å². The van der Waals surface area contributed by atoms with Crippen molar-refractivity contribution in [2.45, 2.75) is 172 Å². The molecule has 0 spiro atoms. The second kappa shape index (κ2) is 36.1. The van der Waals surface area contributed by atoms with Gasteiger partial charge in [0, 0.05) is 74.3 Å². The summed E-state index contributed by atoms with van der Waals surface area (Å²) >= 11 is 0. The number of aliphatic hydroxyl groups is 1. The second-order valence-corrected chi connectivity index (χ2v) is 24.4. The van der Waals surface area contributed by atoms with Gasteiger partial charge in [-0.25, -0.2) is 9.78 Å². The number of para-hydroxylation sites is 1. The van der Waals surface area contributed by atoms with Gasteiger partial charge < -0.3 is 94.2 Å². The number of likely N-dealkylation sites (N-methyl/N-ethyl adjacent to an activating group) is 1. The van der Waals surface area contributed by atoms with Gasteiger partial charge >= 0.3 is 12.1 Å². The zero-order valence-electron chi connectivity index (χ0n) is 54.1. The predicted molar refractivity (Wildman–Crippen MR) is 340 cm³/mol. The number of aromatic nitrogens is 3. The molecule has 18 N–H and O–H groups in total. The minimum absolute atomic E-state index is 0.0578. The Labute approximate surface area is 550 Å². The van der Waals surface area contributed by atoms with Crippen LogP contribution in [0, 0.1) is 5.92 Å². The van der Waals surface area contributed by atoms with Crippen LogP contribution in [0.25, 0.3) is 10.9 Å². The van der Waals surface area contributed by atoms with Crippen LogP contribution in [0.2, 0.25) is 0 Å². The van der Waals surface area contributed by atoms with Gasteiger partial charge in [0.15, 0.2) is 5.96 Å². The van der Waals surface area contributed by atoms with Crippen LogP contribution in [0.4, 0.5) is 13.2 Å². The number of guanidine groups is 1. The number of aliphatic carboxylic acids is 1. The van der Waals surface area contributed by atoms with Crippen LogP contribution in [0.3, 0.4) is 0 Å². The molecule has 34 heteroatoms. The molecule has 6 rings (SSSR count). The lowest BCUT2D eigenvalue weighted by molar-refractivity contribution is -0.192. The molecule has 4 aromatic rings. The van der Waals surface area contributed by atoms with Crippen LogP contribution in [0.15, 0.2) is 72.2 Å².